The molecular weight excluding hydrogens is 288 g/mol. The smallest absolute Gasteiger partial charge is 0.325 e. The van der Waals surface area contributed by atoms with Gasteiger partial charge in [-0.25, -0.2) is 0 Å². The third-order valence-corrected chi connectivity index (χ3v) is 5.73. The van der Waals surface area contributed by atoms with Crippen LogP contribution >= 0.6 is 0 Å². The van der Waals surface area contributed by atoms with Gasteiger partial charge in [0.15, 0.2) is 5.78 Å². The lowest BCUT2D eigenvalue weighted by Gasteiger charge is -2.33. The van der Waals surface area contributed by atoms with Crippen molar-refractivity contribution in [1.29, 1.82) is 0 Å². The van der Waals surface area contributed by atoms with Gasteiger partial charge in [-0.15, -0.1) is 0 Å². The molecule has 0 unspecified atom stereocenters. The lowest BCUT2D eigenvalue weighted by Crippen LogP contribution is -2.44. The van der Waals surface area contributed by atoms with E-state index >= 15 is 0 Å². The summed E-state index contributed by atoms with van der Waals surface area (Å²) in [6.07, 6.45) is 5.52. The van der Waals surface area contributed by atoms with E-state index in [1.807, 2.05) is 50.3 Å². The fraction of sp³-hybridized carbons (Fsp3) is 0.400. The SMILES string of the molecule is C=C(/C=C/c1ccccc1)OC(=O)[C@]12CC[C@H](CC1=O)C2(C)C. The zero-order valence-corrected chi connectivity index (χ0v) is 13.7. The topological polar surface area (TPSA) is 43.4 Å². The Bertz CT molecular complexity index is 684. The second-order valence-electron chi connectivity index (χ2n) is 7.09. The van der Waals surface area contributed by atoms with Crippen LogP contribution in [0.2, 0.25) is 0 Å². The number of hydrogen-bond donors (Lipinski definition) is 0. The second-order valence-corrected chi connectivity index (χ2v) is 7.09. The van der Waals surface area contributed by atoms with Gasteiger partial charge < -0.3 is 4.74 Å². The molecule has 1 aromatic carbocycles. The summed E-state index contributed by atoms with van der Waals surface area (Å²) in [5, 5.41) is 0. The number of ether oxygens (including phenoxy) is 1. The molecule has 23 heavy (non-hydrogen) atoms. The minimum Gasteiger partial charge on any atom is -0.426 e. The van der Waals surface area contributed by atoms with E-state index in [0.29, 0.717) is 12.8 Å². The first-order valence-electron chi connectivity index (χ1n) is 8.05. The van der Waals surface area contributed by atoms with Crippen molar-refractivity contribution in [1.82, 2.24) is 0 Å². The fourth-order valence-electron chi connectivity index (χ4n) is 4.15. The lowest BCUT2D eigenvalue weighted by atomic mass is 9.69. The van der Waals surface area contributed by atoms with Crippen molar-refractivity contribution < 1.29 is 14.3 Å². The number of fused-ring (bicyclic) bond motifs is 2. The molecule has 2 atom stereocenters. The van der Waals surface area contributed by atoms with Crippen LogP contribution in [-0.4, -0.2) is 11.8 Å². The van der Waals surface area contributed by atoms with Gasteiger partial charge in [0, 0.05) is 6.42 Å². The molecule has 0 aliphatic heterocycles. The van der Waals surface area contributed by atoms with Crippen LogP contribution in [0.3, 0.4) is 0 Å². The highest BCUT2D eigenvalue weighted by atomic mass is 16.5. The van der Waals surface area contributed by atoms with Crippen LogP contribution < -0.4 is 0 Å². The minimum absolute atomic E-state index is 0.0311. The second kappa shape index (κ2) is 5.48. The first-order valence-corrected chi connectivity index (χ1v) is 8.05. The van der Waals surface area contributed by atoms with E-state index in [-0.39, 0.29) is 22.9 Å². The number of carbonyl (C=O) groups is 2. The Balaban J connectivity index is 1.73. The quantitative estimate of drug-likeness (QED) is 0.363. The molecule has 0 heterocycles. The normalized spacial score (nSPS) is 28.3. The van der Waals surface area contributed by atoms with E-state index in [4.69, 9.17) is 4.74 Å². The highest BCUT2D eigenvalue weighted by Crippen LogP contribution is 2.64. The van der Waals surface area contributed by atoms with E-state index in [1.54, 1.807) is 6.08 Å². The van der Waals surface area contributed by atoms with Crippen molar-refractivity contribution in [3.63, 3.8) is 0 Å². The van der Waals surface area contributed by atoms with Crippen LogP contribution in [0.15, 0.2) is 48.7 Å². The van der Waals surface area contributed by atoms with Crippen LogP contribution in [0, 0.1) is 16.7 Å². The Morgan fingerprint density at radius 2 is 2.00 bits per heavy atom. The van der Waals surface area contributed by atoms with Crippen LogP contribution in [0.4, 0.5) is 0 Å². The summed E-state index contributed by atoms with van der Waals surface area (Å²) in [5.41, 5.74) is -0.313. The van der Waals surface area contributed by atoms with Gasteiger partial charge in [0.1, 0.15) is 11.2 Å². The van der Waals surface area contributed by atoms with Crippen LogP contribution in [0.25, 0.3) is 6.08 Å². The Morgan fingerprint density at radius 3 is 2.57 bits per heavy atom. The molecule has 0 aromatic heterocycles. The molecule has 3 nitrogen and oxygen atoms in total. The minimum atomic E-state index is -0.985. The molecule has 2 fully saturated rings. The summed E-state index contributed by atoms with van der Waals surface area (Å²) in [5.74, 6) is 0.154. The largest absolute Gasteiger partial charge is 0.426 e. The molecule has 120 valence electrons. The summed E-state index contributed by atoms with van der Waals surface area (Å²) in [7, 11) is 0. The lowest BCUT2D eigenvalue weighted by molar-refractivity contribution is -0.160. The Kier molecular flexibility index (Phi) is 3.75. The molecule has 2 saturated carbocycles. The third kappa shape index (κ3) is 2.35. The molecule has 1 aromatic rings. The summed E-state index contributed by atoms with van der Waals surface area (Å²) >= 11 is 0. The molecule has 0 saturated heterocycles. The van der Waals surface area contributed by atoms with Crippen molar-refractivity contribution in [3.8, 4) is 0 Å². The van der Waals surface area contributed by atoms with Crippen molar-refractivity contribution in [2.24, 2.45) is 16.7 Å². The number of ketones is 1. The number of carbonyl (C=O) groups excluding carboxylic acids is 2. The molecule has 2 bridgehead atoms. The average Bonchev–Trinajstić information content (AvgIpc) is 2.89. The highest BCUT2D eigenvalue weighted by molar-refractivity contribution is 6.07. The Morgan fingerprint density at radius 1 is 1.30 bits per heavy atom. The number of Topliss-reactive ketones (excluding diaryl/α,β-unsaturated/α-hetero) is 1. The van der Waals surface area contributed by atoms with Crippen LogP contribution in [-0.2, 0) is 14.3 Å². The molecule has 0 radical (unpaired) electrons. The van der Waals surface area contributed by atoms with Crippen LogP contribution in [0.1, 0.15) is 38.7 Å². The fourth-order valence-corrected chi connectivity index (χ4v) is 4.15. The van der Waals surface area contributed by atoms with Crippen molar-refractivity contribution in [2.75, 3.05) is 0 Å². The van der Waals surface area contributed by atoms with Crippen molar-refractivity contribution in [3.05, 3.63) is 54.3 Å². The zero-order valence-electron chi connectivity index (χ0n) is 13.7. The summed E-state index contributed by atoms with van der Waals surface area (Å²) in [6.45, 7) is 7.82. The van der Waals surface area contributed by atoms with E-state index in [0.717, 1.165) is 12.0 Å². The molecule has 0 spiro atoms. The van der Waals surface area contributed by atoms with Gasteiger partial charge in [0.25, 0.3) is 0 Å². The zero-order chi connectivity index (χ0) is 16.7. The average molecular weight is 310 g/mol. The van der Waals surface area contributed by atoms with E-state index in [2.05, 4.69) is 6.58 Å². The monoisotopic (exact) mass is 310 g/mol. The van der Waals surface area contributed by atoms with Crippen LogP contribution in [0.5, 0.6) is 0 Å². The number of benzene rings is 1. The third-order valence-electron chi connectivity index (χ3n) is 5.73. The van der Waals surface area contributed by atoms with Gasteiger partial charge in [0.2, 0.25) is 0 Å². The van der Waals surface area contributed by atoms with Gasteiger partial charge in [-0.3, -0.25) is 9.59 Å². The van der Waals surface area contributed by atoms with Gasteiger partial charge in [-0.05, 0) is 35.8 Å². The van der Waals surface area contributed by atoms with Crippen molar-refractivity contribution >= 4 is 17.8 Å². The first-order chi connectivity index (χ1) is 10.9. The number of hydrogen-bond acceptors (Lipinski definition) is 3. The van der Waals surface area contributed by atoms with Gasteiger partial charge >= 0.3 is 5.97 Å². The predicted molar refractivity (Wildman–Crippen MR) is 89.3 cm³/mol. The Labute approximate surface area is 137 Å². The standard InChI is InChI=1S/C20H22O3/c1-14(9-10-15-7-5-4-6-8-15)23-18(22)20-12-11-16(13-17(20)21)19(20,2)3/h4-10,16H,1,11-13H2,2-3H3/b10-9+/t16-,20+/m1/s1. The van der Waals surface area contributed by atoms with E-state index in [1.165, 1.54) is 0 Å². The molecular formula is C20H22O3. The van der Waals surface area contributed by atoms with Gasteiger partial charge in [-0.1, -0.05) is 56.8 Å². The first kappa shape index (κ1) is 15.7. The Hall–Kier alpha value is -2.16. The predicted octanol–water partition coefficient (Wildman–Crippen LogP) is 4.15. The molecule has 2 aliphatic carbocycles. The maximum atomic E-state index is 12.7. The summed E-state index contributed by atoms with van der Waals surface area (Å²) < 4.78 is 5.44. The molecule has 0 N–H and O–H groups in total. The highest BCUT2D eigenvalue weighted by Gasteiger charge is 2.69. The maximum absolute atomic E-state index is 12.7. The molecule has 3 heteroatoms. The number of rotatable bonds is 4. The van der Waals surface area contributed by atoms with E-state index < -0.39 is 11.4 Å². The summed E-state index contributed by atoms with van der Waals surface area (Å²) in [6, 6.07) is 9.72. The molecule has 0 amide bonds. The number of esters is 1. The maximum Gasteiger partial charge on any atom is 0.325 e. The summed E-state index contributed by atoms with van der Waals surface area (Å²) in [4.78, 5) is 25.2. The van der Waals surface area contributed by atoms with Crippen molar-refractivity contribution in [2.45, 2.75) is 33.1 Å². The van der Waals surface area contributed by atoms with E-state index in [9.17, 15) is 9.59 Å². The molecule has 2 aliphatic rings. The van der Waals surface area contributed by atoms with Gasteiger partial charge in [0.05, 0.1) is 0 Å². The van der Waals surface area contributed by atoms with Gasteiger partial charge in [-0.2, -0.15) is 0 Å². The molecule has 3 rings (SSSR count). The number of allylic oxidation sites excluding steroid dienone is 1.